The number of nitrogens with two attached hydrogens (primary N) is 1. The third kappa shape index (κ3) is 9.01. The van der Waals surface area contributed by atoms with Crippen LogP contribution < -0.4 is 10.6 Å². The van der Waals surface area contributed by atoms with Gasteiger partial charge in [-0.05, 0) is 24.3 Å². The van der Waals surface area contributed by atoms with Gasteiger partial charge < -0.3 is 19.7 Å². The lowest BCUT2D eigenvalue weighted by atomic mass is 10.3. The Kier molecular flexibility index (Phi) is 5.06. The molecule has 0 aliphatic carbocycles. The summed E-state index contributed by atoms with van der Waals surface area (Å²) in [5, 5.41) is 0. The molecule has 0 aliphatic heterocycles. The van der Waals surface area contributed by atoms with Gasteiger partial charge in [-0.25, -0.2) is 0 Å². The second-order valence-corrected chi connectivity index (χ2v) is 3.71. The molecule has 2 N–H and O–H groups in total. The molecule has 0 saturated heterocycles. The largest absolute Gasteiger partial charge is 0.759 e. The first-order valence-electron chi connectivity index (χ1n) is 3.89. The summed E-state index contributed by atoms with van der Waals surface area (Å²) < 4.78 is 34.1. The molecule has 1 rings (SSSR count). The van der Waals surface area contributed by atoms with Crippen molar-refractivity contribution in [1.29, 1.82) is 0 Å². The number of hydrogen-bond donors (Lipinski definition) is 1. The van der Waals surface area contributed by atoms with Gasteiger partial charge in [0.05, 0.1) is 0 Å². The molecule has 1 aromatic carbocycles. The SMILES string of the molecule is CN(C)c1ccc(N)cc1.O=S(=O)([O-])[O-]. The topological polar surface area (TPSA) is 110 Å². The van der Waals surface area contributed by atoms with Crippen molar-refractivity contribution in [3.8, 4) is 0 Å². The summed E-state index contributed by atoms with van der Waals surface area (Å²) in [5.41, 5.74) is 7.49. The number of anilines is 2. The summed E-state index contributed by atoms with van der Waals surface area (Å²) >= 11 is 0. The monoisotopic (exact) mass is 232 g/mol. The minimum absolute atomic E-state index is 0.811. The Morgan fingerprint density at radius 2 is 1.47 bits per heavy atom. The van der Waals surface area contributed by atoms with E-state index < -0.39 is 10.4 Å². The summed E-state index contributed by atoms with van der Waals surface area (Å²) in [6, 6.07) is 7.79. The molecule has 86 valence electrons. The lowest BCUT2D eigenvalue weighted by molar-refractivity contribution is 0.352. The van der Waals surface area contributed by atoms with Crippen LogP contribution in [-0.2, 0) is 10.4 Å². The molecule has 0 saturated carbocycles. The van der Waals surface area contributed by atoms with Crippen molar-refractivity contribution in [3.05, 3.63) is 24.3 Å². The summed E-state index contributed by atoms with van der Waals surface area (Å²) in [4.78, 5) is 2.04. The molecular weight excluding hydrogens is 220 g/mol. The Balaban J connectivity index is 0.000000336. The van der Waals surface area contributed by atoms with E-state index >= 15 is 0 Å². The van der Waals surface area contributed by atoms with Crippen molar-refractivity contribution in [2.24, 2.45) is 0 Å². The molecule has 0 radical (unpaired) electrons. The predicted octanol–water partition coefficient (Wildman–Crippen LogP) is -0.00320. The maximum absolute atomic E-state index is 8.52. The van der Waals surface area contributed by atoms with Crippen LogP contribution in [0.3, 0.4) is 0 Å². The van der Waals surface area contributed by atoms with E-state index in [1.54, 1.807) is 0 Å². The van der Waals surface area contributed by atoms with Gasteiger partial charge in [0.15, 0.2) is 0 Å². The fraction of sp³-hybridized carbons (Fsp3) is 0.250. The van der Waals surface area contributed by atoms with E-state index in [4.69, 9.17) is 23.3 Å². The van der Waals surface area contributed by atoms with Crippen LogP contribution in [0.1, 0.15) is 0 Å². The highest BCUT2D eigenvalue weighted by atomic mass is 32.3. The minimum Gasteiger partial charge on any atom is -0.759 e. The number of nitrogens with zero attached hydrogens (tertiary/aromatic N) is 1. The Morgan fingerprint density at radius 1 is 1.13 bits per heavy atom. The van der Waals surface area contributed by atoms with Crippen LogP contribution in [0.4, 0.5) is 11.4 Å². The van der Waals surface area contributed by atoms with Crippen molar-refractivity contribution in [2.45, 2.75) is 0 Å². The molecule has 0 unspecified atom stereocenters. The minimum atomic E-state index is -5.17. The lowest BCUT2D eigenvalue weighted by Gasteiger charge is -2.11. The van der Waals surface area contributed by atoms with Crippen molar-refractivity contribution < 1.29 is 17.5 Å². The second kappa shape index (κ2) is 5.54. The van der Waals surface area contributed by atoms with Crippen LogP contribution in [0.15, 0.2) is 24.3 Å². The van der Waals surface area contributed by atoms with E-state index in [2.05, 4.69) is 0 Å². The zero-order valence-electron chi connectivity index (χ0n) is 8.38. The number of hydrogen-bond acceptors (Lipinski definition) is 6. The maximum Gasteiger partial charge on any atom is 0.0362 e. The van der Waals surface area contributed by atoms with Gasteiger partial charge in [0.2, 0.25) is 0 Å². The highest BCUT2D eigenvalue weighted by molar-refractivity contribution is 7.79. The van der Waals surface area contributed by atoms with Gasteiger partial charge in [0, 0.05) is 35.9 Å². The van der Waals surface area contributed by atoms with Crippen LogP contribution in [0, 0.1) is 0 Å². The summed E-state index contributed by atoms with van der Waals surface area (Å²) in [6.45, 7) is 0. The maximum atomic E-state index is 8.52. The van der Waals surface area contributed by atoms with E-state index in [0.717, 1.165) is 5.69 Å². The van der Waals surface area contributed by atoms with Gasteiger partial charge in [-0.1, -0.05) is 0 Å². The Morgan fingerprint density at radius 3 is 1.73 bits per heavy atom. The first-order chi connectivity index (χ1) is 6.70. The normalized spacial score (nSPS) is 10.1. The lowest BCUT2D eigenvalue weighted by Crippen LogP contribution is -2.08. The molecule has 0 bridgehead atoms. The molecule has 7 heteroatoms. The fourth-order valence-corrected chi connectivity index (χ4v) is 0.772. The van der Waals surface area contributed by atoms with Gasteiger partial charge in [-0.15, -0.1) is 0 Å². The Hall–Kier alpha value is -1.31. The van der Waals surface area contributed by atoms with E-state index in [1.165, 1.54) is 5.69 Å². The third-order valence-electron chi connectivity index (χ3n) is 1.41. The highest BCUT2D eigenvalue weighted by Gasteiger charge is 1.91. The van der Waals surface area contributed by atoms with E-state index in [-0.39, 0.29) is 0 Å². The average molecular weight is 232 g/mol. The standard InChI is InChI=1S/C8H12N2.H2O4S/c1-10(2)8-5-3-7(9)4-6-8;1-5(2,3)4/h3-6H,9H2,1-2H3;(H2,1,2,3,4)/p-2. The Bertz CT molecular complexity index is 378. The Labute approximate surface area is 88.9 Å². The van der Waals surface area contributed by atoms with Crippen molar-refractivity contribution in [2.75, 3.05) is 24.7 Å². The first-order valence-corrected chi connectivity index (χ1v) is 5.23. The zero-order valence-corrected chi connectivity index (χ0v) is 9.19. The molecule has 0 atom stereocenters. The summed E-state index contributed by atoms with van der Waals surface area (Å²) in [6.07, 6.45) is 0. The van der Waals surface area contributed by atoms with Gasteiger partial charge >= 0.3 is 0 Å². The van der Waals surface area contributed by atoms with Gasteiger partial charge in [-0.2, -0.15) is 0 Å². The third-order valence-corrected chi connectivity index (χ3v) is 1.41. The highest BCUT2D eigenvalue weighted by Crippen LogP contribution is 2.12. The van der Waals surface area contributed by atoms with Crippen molar-refractivity contribution >= 4 is 21.8 Å². The molecule has 0 aliphatic rings. The van der Waals surface area contributed by atoms with Crippen molar-refractivity contribution in [1.82, 2.24) is 0 Å². The molecule has 1 aromatic rings. The van der Waals surface area contributed by atoms with Crippen molar-refractivity contribution in [3.63, 3.8) is 0 Å². The van der Waals surface area contributed by atoms with E-state index in [0.29, 0.717) is 0 Å². The van der Waals surface area contributed by atoms with Gasteiger partial charge in [0.1, 0.15) is 0 Å². The number of nitrogen functional groups attached to an aromatic ring is 1. The van der Waals surface area contributed by atoms with Crippen LogP contribution >= 0.6 is 0 Å². The number of benzene rings is 1. The number of rotatable bonds is 1. The first kappa shape index (κ1) is 13.7. The quantitative estimate of drug-likeness (QED) is 0.414. The molecule has 0 aromatic heterocycles. The summed E-state index contributed by atoms with van der Waals surface area (Å²) in [5.74, 6) is 0. The molecule has 0 spiro atoms. The molecule has 0 fully saturated rings. The van der Waals surface area contributed by atoms with E-state index in [9.17, 15) is 0 Å². The molecular formula is C8H12N2O4S-2. The fourth-order valence-electron chi connectivity index (χ4n) is 0.772. The van der Waals surface area contributed by atoms with Crippen LogP contribution in [0.25, 0.3) is 0 Å². The molecule has 0 heterocycles. The summed E-state index contributed by atoms with van der Waals surface area (Å²) in [7, 11) is -1.16. The average Bonchev–Trinajstić information content (AvgIpc) is 2.01. The predicted molar refractivity (Wildman–Crippen MR) is 55.7 cm³/mol. The van der Waals surface area contributed by atoms with E-state index in [1.807, 2.05) is 43.3 Å². The zero-order chi connectivity index (χ0) is 12.1. The smallest absolute Gasteiger partial charge is 0.0362 e. The molecule has 6 nitrogen and oxygen atoms in total. The van der Waals surface area contributed by atoms with Crippen LogP contribution in [0.5, 0.6) is 0 Å². The van der Waals surface area contributed by atoms with Gasteiger partial charge in [0.25, 0.3) is 0 Å². The van der Waals surface area contributed by atoms with Gasteiger partial charge in [-0.3, -0.25) is 8.42 Å². The van der Waals surface area contributed by atoms with Crippen LogP contribution in [-0.4, -0.2) is 31.6 Å². The van der Waals surface area contributed by atoms with Crippen LogP contribution in [0.2, 0.25) is 0 Å². The molecule has 15 heavy (non-hydrogen) atoms. The molecule has 0 amide bonds. The second-order valence-electron chi connectivity index (χ2n) is 2.89.